The molecule has 1 aliphatic heterocycles. The second-order valence-electron chi connectivity index (χ2n) is 2.58. The van der Waals surface area contributed by atoms with Crippen LogP contribution in [0.1, 0.15) is 6.42 Å². The van der Waals surface area contributed by atoms with Gasteiger partial charge in [-0.2, -0.15) is 13.2 Å². The molecular formula is C6H9F3N2O. The number of carbonyl (C=O) groups is 1. The Hall–Kier alpha value is -0.940. The number of carbonyl (C=O) groups excluding carboxylic acids is 1. The summed E-state index contributed by atoms with van der Waals surface area (Å²) >= 11 is 0. The number of nitrogens with one attached hydrogen (secondary N) is 1. The second kappa shape index (κ2) is 3.20. The van der Waals surface area contributed by atoms with E-state index in [4.69, 9.17) is 0 Å². The highest BCUT2D eigenvalue weighted by Gasteiger charge is 2.30. The van der Waals surface area contributed by atoms with Crippen molar-refractivity contribution in [2.24, 2.45) is 0 Å². The molecular weight excluding hydrogens is 173 g/mol. The van der Waals surface area contributed by atoms with Gasteiger partial charge in [-0.15, -0.1) is 0 Å². The van der Waals surface area contributed by atoms with Gasteiger partial charge in [0.1, 0.15) is 0 Å². The molecule has 1 rings (SSSR count). The van der Waals surface area contributed by atoms with Crippen LogP contribution < -0.4 is 5.32 Å². The lowest BCUT2D eigenvalue weighted by atomic mass is 10.4. The average Bonchev–Trinajstić information content (AvgIpc) is 2.29. The van der Waals surface area contributed by atoms with Gasteiger partial charge >= 0.3 is 12.2 Å². The quantitative estimate of drug-likeness (QED) is 0.677. The van der Waals surface area contributed by atoms with E-state index >= 15 is 0 Å². The maximum absolute atomic E-state index is 11.7. The zero-order chi connectivity index (χ0) is 9.19. The van der Waals surface area contributed by atoms with Gasteiger partial charge in [-0.1, -0.05) is 0 Å². The number of halogens is 3. The topological polar surface area (TPSA) is 32.3 Å². The Bertz CT molecular complexity index is 180. The lowest BCUT2D eigenvalue weighted by Crippen LogP contribution is -2.31. The first-order valence-electron chi connectivity index (χ1n) is 3.58. The molecule has 0 aromatic carbocycles. The molecule has 70 valence electrons. The Morgan fingerprint density at radius 3 is 2.58 bits per heavy atom. The van der Waals surface area contributed by atoms with Crippen LogP contribution in [0, 0.1) is 0 Å². The standard InChI is InChI=1S/C6H9F3N2O/c7-6(8,9)1-3-11-4-2-10-5(11)12/h1-4H2,(H,10,12). The molecule has 6 heteroatoms. The van der Waals surface area contributed by atoms with E-state index in [2.05, 4.69) is 5.32 Å². The van der Waals surface area contributed by atoms with Gasteiger partial charge in [0, 0.05) is 19.6 Å². The lowest BCUT2D eigenvalue weighted by molar-refractivity contribution is -0.136. The van der Waals surface area contributed by atoms with Gasteiger partial charge in [0.05, 0.1) is 6.42 Å². The number of amides is 2. The van der Waals surface area contributed by atoms with Crippen molar-refractivity contribution in [3.8, 4) is 0 Å². The third-order valence-electron chi connectivity index (χ3n) is 1.61. The van der Waals surface area contributed by atoms with Crippen LogP contribution in [0.2, 0.25) is 0 Å². The van der Waals surface area contributed by atoms with Gasteiger partial charge in [-0.25, -0.2) is 4.79 Å². The maximum Gasteiger partial charge on any atom is 0.390 e. The van der Waals surface area contributed by atoms with E-state index in [-0.39, 0.29) is 6.54 Å². The number of urea groups is 1. The summed E-state index contributed by atoms with van der Waals surface area (Å²) in [6.45, 7) is 0.570. The van der Waals surface area contributed by atoms with E-state index in [0.29, 0.717) is 13.1 Å². The number of rotatable bonds is 2. The summed E-state index contributed by atoms with van der Waals surface area (Å²) in [5.74, 6) is 0. The van der Waals surface area contributed by atoms with Crippen molar-refractivity contribution in [3.05, 3.63) is 0 Å². The van der Waals surface area contributed by atoms with E-state index in [1.807, 2.05) is 0 Å². The van der Waals surface area contributed by atoms with Crippen LogP contribution in [0.4, 0.5) is 18.0 Å². The predicted molar refractivity (Wildman–Crippen MR) is 35.6 cm³/mol. The Morgan fingerprint density at radius 2 is 2.17 bits per heavy atom. The monoisotopic (exact) mass is 182 g/mol. The Balaban J connectivity index is 2.27. The minimum atomic E-state index is -4.18. The minimum absolute atomic E-state index is 0.241. The van der Waals surface area contributed by atoms with Crippen molar-refractivity contribution in [3.63, 3.8) is 0 Å². The zero-order valence-corrected chi connectivity index (χ0v) is 6.32. The molecule has 0 aromatic rings. The normalized spacial score (nSPS) is 18.2. The van der Waals surface area contributed by atoms with Crippen molar-refractivity contribution >= 4 is 6.03 Å². The first-order valence-corrected chi connectivity index (χ1v) is 3.58. The molecule has 0 aliphatic carbocycles. The van der Waals surface area contributed by atoms with Gasteiger partial charge in [0.15, 0.2) is 0 Å². The molecule has 12 heavy (non-hydrogen) atoms. The summed E-state index contributed by atoms with van der Waals surface area (Å²) in [6.07, 6.45) is -5.11. The van der Waals surface area contributed by atoms with Crippen molar-refractivity contribution in [2.75, 3.05) is 19.6 Å². The second-order valence-corrected chi connectivity index (χ2v) is 2.58. The van der Waals surface area contributed by atoms with Crippen LogP contribution in [0.25, 0.3) is 0 Å². The lowest BCUT2D eigenvalue weighted by Gasteiger charge is -2.14. The van der Waals surface area contributed by atoms with Crippen LogP contribution in [0.15, 0.2) is 0 Å². The molecule has 0 unspecified atom stereocenters. The molecule has 0 aromatic heterocycles. The van der Waals surface area contributed by atoms with E-state index in [1.165, 1.54) is 0 Å². The molecule has 0 spiro atoms. The highest BCUT2D eigenvalue weighted by Crippen LogP contribution is 2.19. The first-order chi connectivity index (χ1) is 5.49. The van der Waals surface area contributed by atoms with E-state index in [1.54, 1.807) is 0 Å². The maximum atomic E-state index is 11.7. The molecule has 1 N–H and O–H groups in total. The molecule has 2 amide bonds. The Morgan fingerprint density at radius 1 is 1.50 bits per heavy atom. The molecule has 1 fully saturated rings. The summed E-state index contributed by atoms with van der Waals surface area (Å²) in [6, 6.07) is -0.403. The third-order valence-corrected chi connectivity index (χ3v) is 1.61. The largest absolute Gasteiger partial charge is 0.390 e. The van der Waals surface area contributed by atoms with Gasteiger partial charge < -0.3 is 10.2 Å². The molecule has 0 saturated carbocycles. The fourth-order valence-electron chi connectivity index (χ4n) is 0.986. The fourth-order valence-corrected chi connectivity index (χ4v) is 0.986. The third kappa shape index (κ3) is 2.60. The highest BCUT2D eigenvalue weighted by atomic mass is 19.4. The summed E-state index contributed by atoms with van der Waals surface area (Å²) in [4.78, 5) is 11.9. The van der Waals surface area contributed by atoms with Crippen LogP contribution in [-0.2, 0) is 0 Å². The van der Waals surface area contributed by atoms with Crippen molar-refractivity contribution in [2.45, 2.75) is 12.6 Å². The first kappa shape index (κ1) is 9.15. The number of hydrogen-bond acceptors (Lipinski definition) is 1. The smallest absolute Gasteiger partial charge is 0.336 e. The molecule has 1 heterocycles. The zero-order valence-electron chi connectivity index (χ0n) is 6.32. The van der Waals surface area contributed by atoms with Gasteiger partial charge in [-0.05, 0) is 0 Å². The van der Waals surface area contributed by atoms with Crippen LogP contribution in [0.3, 0.4) is 0 Å². The number of nitrogens with zero attached hydrogens (tertiary/aromatic N) is 1. The molecule has 0 atom stereocenters. The van der Waals surface area contributed by atoms with E-state index in [9.17, 15) is 18.0 Å². The number of hydrogen-bond donors (Lipinski definition) is 1. The summed E-state index contributed by atoms with van der Waals surface area (Å²) in [5, 5.41) is 2.43. The van der Waals surface area contributed by atoms with E-state index < -0.39 is 18.6 Å². The van der Waals surface area contributed by atoms with Crippen LogP contribution >= 0.6 is 0 Å². The average molecular weight is 182 g/mol. The van der Waals surface area contributed by atoms with E-state index in [0.717, 1.165) is 4.90 Å². The van der Waals surface area contributed by atoms with Crippen LogP contribution in [0.5, 0.6) is 0 Å². The summed E-state index contributed by atoms with van der Waals surface area (Å²) < 4.78 is 35.0. The van der Waals surface area contributed by atoms with Gasteiger partial charge in [-0.3, -0.25) is 0 Å². The van der Waals surface area contributed by atoms with Gasteiger partial charge in [0.25, 0.3) is 0 Å². The summed E-state index contributed by atoms with van der Waals surface area (Å²) in [7, 11) is 0. The fraction of sp³-hybridized carbons (Fsp3) is 0.833. The van der Waals surface area contributed by atoms with Crippen LogP contribution in [-0.4, -0.2) is 36.7 Å². The molecule has 1 aliphatic rings. The van der Waals surface area contributed by atoms with Crippen molar-refractivity contribution in [1.29, 1.82) is 0 Å². The molecule has 3 nitrogen and oxygen atoms in total. The summed E-state index contributed by atoms with van der Waals surface area (Å²) in [5.41, 5.74) is 0. The molecule has 1 saturated heterocycles. The van der Waals surface area contributed by atoms with Crippen molar-refractivity contribution in [1.82, 2.24) is 10.2 Å². The van der Waals surface area contributed by atoms with Gasteiger partial charge in [0.2, 0.25) is 0 Å². The highest BCUT2D eigenvalue weighted by molar-refractivity contribution is 5.76. The Kier molecular flexibility index (Phi) is 2.44. The minimum Gasteiger partial charge on any atom is -0.336 e. The molecule has 0 bridgehead atoms. The molecule has 0 radical (unpaired) electrons. The Labute approximate surface area is 67.5 Å². The predicted octanol–water partition coefficient (Wildman–Crippen LogP) is 0.964. The number of alkyl halides is 3. The van der Waals surface area contributed by atoms with Crippen molar-refractivity contribution < 1.29 is 18.0 Å². The SMILES string of the molecule is O=C1NCCN1CCC(F)(F)F.